The second-order valence-electron chi connectivity index (χ2n) is 5.91. The SMILES string of the molecule is CCN1CCN(c2ccc(NC(=O)c3ccc(F)c(F)c3)nc2)CC1. The molecule has 0 bridgehead atoms. The molecule has 25 heavy (non-hydrogen) atoms. The van der Waals surface area contributed by atoms with Crippen LogP contribution in [0.4, 0.5) is 20.3 Å². The third kappa shape index (κ3) is 4.11. The molecule has 5 nitrogen and oxygen atoms in total. The molecule has 0 unspecified atom stereocenters. The molecule has 1 aromatic carbocycles. The van der Waals surface area contributed by atoms with E-state index in [-0.39, 0.29) is 5.56 Å². The number of piperazine rings is 1. The fraction of sp³-hybridized carbons (Fsp3) is 0.333. The predicted octanol–water partition coefficient (Wildman–Crippen LogP) is 2.75. The highest BCUT2D eigenvalue weighted by Crippen LogP contribution is 2.18. The summed E-state index contributed by atoms with van der Waals surface area (Å²) in [5, 5.41) is 2.59. The van der Waals surface area contributed by atoms with E-state index in [9.17, 15) is 13.6 Å². The number of hydrogen-bond donors (Lipinski definition) is 1. The van der Waals surface area contributed by atoms with E-state index in [1.807, 2.05) is 6.07 Å². The van der Waals surface area contributed by atoms with Crippen LogP contribution in [-0.2, 0) is 0 Å². The van der Waals surface area contributed by atoms with E-state index in [0.29, 0.717) is 5.82 Å². The Labute approximate surface area is 145 Å². The van der Waals surface area contributed by atoms with Crippen molar-refractivity contribution in [1.29, 1.82) is 0 Å². The number of anilines is 2. The van der Waals surface area contributed by atoms with Crippen molar-refractivity contribution in [3.05, 3.63) is 53.7 Å². The summed E-state index contributed by atoms with van der Waals surface area (Å²) in [6.45, 7) is 7.13. The number of carbonyl (C=O) groups excluding carboxylic acids is 1. The third-order valence-corrected chi connectivity index (χ3v) is 4.36. The Morgan fingerprint density at radius 3 is 2.48 bits per heavy atom. The Morgan fingerprint density at radius 2 is 1.88 bits per heavy atom. The maximum atomic E-state index is 13.2. The molecule has 3 rings (SSSR count). The van der Waals surface area contributed by atoms with Gasteiger partial charge in [0, 0.05) is 31.7 Å². The second kappa shape index (κ2) is 7.57. The number of nitrogens with zero attached hydrogens (tertiary/aromatic N) is 3. The maximum Gasteiger partial charge on any atom is 0.256 e. The lowest BCUT2D eigenvalue weighted by atomic mass is 10.2. The largest absolute Gasteiger partial charge is 0.368 e. The van der Waals surface area contributed by atoms with Gasteiger partial charge in [0.25, 0.3) is 5.91 Å². The second-order valence-corrected chi connectivity index (χ2v) is 5.91. The lowest BCUT2D eigenvalue weighted by Crippen LogP contribution is -2.46. The highest BCUT2D eigenvalue weighted by molar-refractivity contribution is 6.03. The van der Waals surface area contributed by atoms with Gasteiger partial charge in [0.1, 0.15) is 5.82 Å². The van der Waals surface area contributed by atoms with Crippen LogP contribution in [0.25, 0.3) is 0 Å². The molecule has 132 valence electrons. The molecular weight excluding hydrogens is 326 g/mol. The smallest absolute Gasteiger partial charge is 0.256 e. The number of rotatable bonds is 4. The van der Waals surface area contributed by atoms with E-state index in [0.717, 1.165) is 50.5 Å². The highest BCUT2D eigenvalue weighted by Gasteiger charge is 2.16. The van der Waals surface area contributed by atoms with Crippen molar-refractivity contribution in [1.82, 2.24) is 9.88 Å². The highest BCUT2D eigenvalue weighted by atomic mass is 19.2. The molecule has 2 heterocycles. The predicted molar refractivity (Wildman–Crippen MR) is 92.9 cm³/mol. The molecule has 1 N–H and O–H groups in total. The topological polar surface area (TPSA) is 48.5 Å². The van der Waals surface area contributed by atoms with Crippen molar-refractivity contribution in [2.75, 3.05) is 42.9 Å². The van der Waals surface area contributed by atoms with Crippen molar-refractivity contribution in [3.63, 3.8) is 0 Å². The zero-order valence-corrected chi connectivity index (χ0v) is 14.0. The number of nitrogens with one attached hydrogen (secondary N) is 1. The van der Waals surface area contributed by atoms with Crippen LogP contribution in [-0.4, -0.2) is 48.5 Å². The van der Waals surface area contributed by atoms with E-state index in [4.69, 9.17) is 0 Å². The zero-order valence-electron chi connectivity index (χ0n) is 14.0. The molecule has 1 aromatic heterocycles. The van der Waals surface area contributed by atoms with E-state index in [1.54, 1.807) is 12.3 Å². The van der Waals surface area contributed by atoms with Crippen molar-refractivity contribution >= 4 is 17.4 Å². The molecule has 0 aliphatic carbocycles. The van der Waals surface area contributed by atoms with Crippen LogP contribution in [0.15, 0.2) is 36.5 Å². The summed E-state index contributed by atoms with van der Waals surface area (Å²) >= 11 is 0. The summed E-state index contributed by atoms with van der Waals surface area (Å²) in [4.78, 5) is 21.0. The number of hydrogen-bond acceptors (Lipinski definition) is 4. The van der Waals surface area contributed by atoms with Crippen molar-refractivity contribution in [2.24, 2.45) is 0 Å². The Hall–Kier alpha value is -2.54. The van der Waals surface area contributed by atoms with Gasteiger partial charge >= 0.3 is 0 Å². The molecular formula is C18H20F2N4O. The summed E-state index contributed by atoms with van der Waals surface area (Å²) in [6, 6.07) is 6.63. The number of likely N-dealkylation sites (N-methyl/N-ethyl adjacent to an activating group) is 1. The Balaban J connectivity index is 1.62. The number of aromatic nitrogens is 1. The van der Waals surface area contributed by atoms with Gasteiger partial charge in [-0.15, -0.1) is 0 Å². The van der Waals surface area contributed by atoms with Crippen LogP contribution >= 0.6 is 0 Å². The molecule has 2 aromatic rings. The monoisotopic (exact) mass is 346 g/mol. The molecule has 0 saturated carbocycles. The minimum absolute atomic E-state index is 0.0421. The maximum absolute atomic E-state index is 13.2. The standard InChI is InChI=1S/C18H20F2N4O/c1-2-23-7-9-24(10-8-23)14-4-6-17(21-12-14)22-18(25)13-3-5-15(19)16(20)11-13/h3-6,11-12H,2,7-10H2,1H3,(H,21,22,25). The van der Waals surface area contributed by atoms with Gasteiger partial charge in [-0.1, -0.05) is 6.92 Å². The van der Waals surface area contributed by atoms with Gasteiger partial charge < -0.3 is 15.1 Å². The molecule has 0 atom stereocenters. The first-order valence-corrected chi connectivity index (χ1v) is 8.26. The number of pyridine rings is 1. The molecule has 0 spiro atoms. The Bertz CT molecular complexity index is 743. The molecule has 1 aliphatic heterocycles. The van der Waals surface area contributed by atoms with Gasteiger partial charge in [0.2, 0.25) is 0 Å². The van der Waals surface area contributed by atoms with Gasteiger partial charge in [-0.25, -0.2) is 13.8 Å². The average Bonchev–Trinajstić information content (AvgIpc) is 2.64. The number of carbonyl (C=O) groups is 1. The quantitative estimate of drug-likeness (QED) is 0.925. The minimum atomic E-state index is -1.05. The fourth-order valence-corrected chi connectivity index (χ4v) is 2.80. The van der Waals surface area contributed by atoms with Crippen molar-refractivity contribution in [3.8, 4) is 0 Å². The lowest BCUT2D eigenvalue weighted by Gasteiger charge is -2.35. The summed E-state index contributed by atoms with van der Waals surface area (Å²) in [5.41, 5.74) is 1.04. The zero-order chi connectivity index (χ0) is 17.8. The van der Waals surface area contributed by atoms with Crippen molar-refractivity contribution in [2.45, 2.75) is 6.92 Å². The summed E-state index contributed by atoms with van der Waals surface area (Å²) in [7, 11) is 0. The Morgan fingerprint density at radius 1 is 1.12 bits per heavy atom. The van der Waals surface area contributed by atoms with Gasteiger partial charge in [-0.3, -0.25) is 4.79 Å². The van der Waals surface area contributed by atoms with Gasteiger partial charge in [0.15, 0.2) is 11.6 Å². The van der Waals surface area contributed by atoms with Gasteiger partial charge in [0.05, 0.1) is 11.9 Å². The molecule has 1 amide bonds. The molecule has 0 radical (unpaired) electrons. The van der Waals surface area contributed by atoms with E-state index in [2.05, 4.69) is 27.0 Å². The van der Waals surface area contributed by atoms with E-state index in [1.165, 1.54) is 6.07 Å². The van der Waals surface area contributed by atoms with Crippen LogP contribution in [0.1, 0.15) is 17.3 Å². The number of amides is 1. The summed E-state index contributed by atoms with van der Waals surface area (Å²) < 4.78 is 26.1. The lowest BCUT2D eigenvalue weighted by molar-refractivity contribution is 0.102. The molecule has 1 aliphatic rings. The average molecular weight is 346 g/mol. The van der Waals surface area contributed by atoms with Crippen molar-refractivity contribution < 1.29 is 13.6 Å². The first kappa shape index (κ1) is 17.3. The third-order valence-electron chi connectivity index (χ3n) is 4.36. The van der Waals surface area contributed by atoms with Gasteiger partial charge in [-0.2, -0.15) is 0 Å². The molecule has 7 heteroatoms. The fourth-order valence-electron chi connectivity index (χ4n) is 2.80. The number of benzene rings is 1. The normalized spacial score (nSPS) is 15.2. The summed E-state index contributed by atoms with van der Waals surface area (Å²) in [6.07, 6.45) is 1.71. The van der Waals surface area contributed by atoms with Crippen LogP contribution in [0.2, 0.25) is 0 Å². The summed E-state index contributed by atoms with van der Waals surface area (Å²) in [5.74, 6) is -2.20. The van der Waals surface area contributed by atoms with Gasteiger partial charge in [-0.05, 0) is 36.9 Å². The van der Waals surface area contributed by atoms with Crippen LogP contribution in [0.3, 0.4) is 0 Å². The van der Waals surface area contributed by atoms with Crippen LogP contribution in [0.5, 0.6) is 0 Å². The first-order chi connectivity index (χ1) is 12.1. The van der Waals surface area contributed by atoms with E-state index >= 15 is 0 Å². The minimum Gasteiger partial charge on any atom is -0.368 e. The molecule has 1 fully saturated rings. The van der Waals surface area contributed by atoms with E-state index < -0.39 is 17.5 Å². The van der Waals surface area contributed by atoms with Crippen LogP contribution < -0.4 is 10.2 Å². The van der Waals surface area contributed by atoms with Crippen LogP contribution in [0, 0.1) is 11.6 Å². The Kier molecular flexibility index (Phi) is 5.23. The molecule has 1 saturated heterocycles. The number of halogens is 2. The first-order valence-electron chi connectivity index (χ1n) is 8.26.